The van der Waals surface area contributed by atoms with Gasteiger partial charge in [-0.1, -0.05) is 6.42 Å². The normalized spacial score (nSPS) is 34.6. The zero-order valence-corrected chi connectivity index (χ0v) is 10.8. The highest BCUT2D eigenvalue weighted by Gasteiger charge is 2.39. The first kappa shape index (κ1) is 11.7. The van der Waals surface area contributed by atoms with Gasteiger partial charge in [0.2, 0.25) is 0 Å². The van der Waals surface area contributed by atoms with Crippen LogP contribution >= 0.6 is 11.6 Å². The molecule has 3 atom stereocenters. The molecule has 0 amide bonds. The molecule has 0 aromatic rings. The summed E-state index contributed by atoms with van der Waals surface area (Å²) in [6.45, 7) is 6.94. The van der Waals surface area contributed by atoms with Crippen molar-refractivity contribution in [3.05, 3.63) is 0 Å². The van der Waals surface area contributed by atoms with Crippen LogP contribution in [0.2, 0.25) is 0 Å². The number of hydrogen-bond acceptors (Lipinski definition) is 1. The molecule has 3 unspecified atom stereocenters. The lowest BCUT2D eigenvalue weighted by Crippen LogP contribution is -2.38. The molecular weight excluding hydrogens is 206 g/mol. The molecule has 2 heteroatoms. The lowest BCUT2D eigenvalue weighted by Gasteiger charge is -2.32. The first-order chi connectivity index (χ1) is 7.20. The second-order valence-corrected chi connectivity index (χ2v) is 6.09. The van der Waals surface area contributed by atoms with Crippen molar-refractivity contribution >= 4 is 11.6 Å². The number of rotatable bonds is 5. The van der Waals surface area contributed by atoms with Crippen molar-refractivity contribution in [3.63, 3.8) is 0 Å². The van der Waals surface area contributed by atoms with Crippen LogP contribution in [0.4, 0.5) is 0 Å². The van der Waals surface area contributed by atoms with Crippen molar-refractivity contribution in [3.8, 4) is 0 Å². The van der Waals surface area contributed by atoms with Gasteiger partial charge in [-0.25, -0.2) is 0 Å². The van der Waals surface area contributed by atoms with Gasteiger partial charge in [0.1, 0.15) is 0 Å². The predicted octanol–water partition coefficient (Wildman–Crippen LogP) is 3.37. The van der Waals surface area contributed by atoms with Gasteiger partial charge in [0.05, 0.1) is 0 Å². The van der Waals surface area contributed by atoms with Crippen LogP contribution in [0.25, 0.3) is 0 Å². The van der Waals surface area contributed by atoms with Crippen molar-refractivity contribution in [2.45, 2.75) is 45.6 Å². The van der Waals surface area contributed by atoms with E-state index in [1.54, 1.807) is 0 Å². The Hall–Kier alpha value is 0.250. The van der Waals surface area contributed by atoms with E-state index < -0.39 is 0 Å². The smallest absolute Gasteiger partial charge is 0.0351 e. The average molecular weight is 230 g/mol. The first-order valence-electron chi connectivity index (χ1n) is 6.50. The van der Waals surface area contributed by atoms with Crippen LogP contribution in [0.1, 0.15) is 39.5 Å². The summed E-state index contributed by atoms with van der Waals surface area (Å²) in [6, 6.07) is 0.655. The third-order valence-corrected chi connectivity index (χ3v) is 4.62. The quantitative estimate of drug-likeness (QED) is 0.654. The molecule has 0 heterocycles. The second-order valence-electron chi connectivity index (χ2n) is 5.71. The molecule has 0 spiro atoms. The number of halogens is 1. The SMILES string of the molecule is CC(C)N(CCCl)CC1CC2CCC1C2. The highest BCUT2D eigenvalue weighted by Crippen LogP contribution is 2.48. The second kappa shape index (κ2) is 5.05. The van der Waals surface area contributed by atoms with Gasteiger partial charge in [-0.15, -0.1) is 11.6 Å². The number of nitrogens with zero attached hydrogens (tertiary/aromatic N) is 1. The summed E-state index contributed by atoms with van der Waals surface area (Å²) in [5.41, 5.74) is 0. The standard InChI is InChI=1S/C13H24ClN/c1-10(2)15(6-5-14)9-13-8-11-3-4-12(13)7-11/h10-13H,3-9H2,1-2H3. The van der Waals surface area contributed by atoms with Crippen molar-refractivity contribution in [2.75, 3.05) is 19.0 Å². The van der Waals surface area contributed by atoms with Crippen LogP contribution in [0.15, 0.2) is 0 Å². The van der Waals surface area contributed by atoms with E-state index in [-0.39, 0.29) is 0 Å². The Morgan fingerprint density at radius 3 is 2.53 bits per heavy atom. The number of alkyl halides is 1. The Bertz CT molecular complexity index is 205. The molecular formula is C13H24ClN. The van der Waals surface area contributed by atoms with E-state index in [0.717, 1.165) is 30.2 Å². The molecule has 2 saturated carbocycles. The molecule has 2 rings (SSSR count). The van der Waals surface area contributed by atoms with E-state index in [0.29, 0.717) is 6.04 Å². The van der Waals surface area contributed by atoms with Gasteiger partial charge in [0.15, 0.2) is 0 Å². The molecule has 0 aromatic heterocycles. The van der Waals surface area contributed by atoms with Gasteiger partial charge in [-0.05, 0) is 50.9 Å². The van der Waals surface area contributed by atoms with E-state index in [1.807, 2.05) is 0 Å². The highest BCUT2D eigenvalue weighted by atomic mass is 35.5. The maximum atomic E-state index is 5.86. The van der Waals surface area contributed by atoms with Crippen molar-refractivity contribution in [1.82, 2.24) is 4.90 Å². The fourth-order valence-corrected chi connectivity index (χ4v) is 3.79. The van der Waals surface area contributed by atoms with Crippen molar-refractivity contribution in [2.24, 2.45) is 17.8 Å². The fourth-order valence-electron chi connectivity index (χ4n) is 3.57. The summed E-state index contributed by atoms with van der Waals surface area (Å²) in [7, 11) is 0. The Kier molecular flexibility index (Phi) is 3.95. The zero-order valence-electron chi connectivity index (χ0n) is 10.1. The van der Waals surface area contributed by atoms with Gasteiger partial charge in [-0.2, -0.15) is 0 Å². The van der Waals surface area contributed by atoms with Gasteiger partial charge in [0, 0.05) is 25.0 Å². The average Bonchev–Trinajstić information content (AvgIpc) is 2.78. The fraction of sp³-hybridized carbons (Fsp3) is 1.00. The van der Waals surface area contributed by atoms with Crippen LogP contribution in [0.3, 0.4) is 0 Å². The molecule has 0 saturated heterocycles. The van der Waals surface area contributed by atoms with Crippen molar-refractivity contribution < 1.29 is 0 Å². The van der Waals surface area contributed by atoms with Crippen LogP contribution in [0, 0.1) is 17.8 Å². The molecule has 88 valence electrons. The number of hydrogen-bond donors (Lipinski definition) is 0. The van der Waals surface area contributed by atoms with Gasteiger partial charge >= 0.3 is 0 Å². The Morgan fingerprint density at radius 2 is 2.07 bits per heavy atom. The van der Waals surface area contributed by atoms with Crippen LogP contribution in [-0.4, -0.2) is 29.9 Å². The molecule has 0 aromatic carbocycles. The lowest BCUT2D eigenvalue weighted by atomic mass is 9.88. The van der Waals surface area contributed by atoms with E-state index >= 15 is 0 Å². The summed E-state index contributed by atoms with van der Waals surface area (Å²) in [5.74, 6) is 3.88. The van der Waals surface area contributed by atoms with Crippen LogP contribution < -0.4 is 0 Å². The Morgan fingerprint density at radius 1 is 1.27 bits per heavy atom. The predicted molar refractivity (Wildman–Crippen MR) is 66.4 cm³/mol. The minimum Gasteiger partial charge on any atom is -0.299 e. The van der Waals surface area contributed by atoms with Gasteiger partial charge in [-0.3, -0.25) is 4.90 Å². The van der Waals surface area contributed by atoms with E-state index in [2.05, 4.69) is 18.7 Å². The van der Waals surface area contributed by atoms with Gasteiger partial charge in [0.25, 0.3) is 0 Å². The third-order valence-electron chi connectivity index (χ3n) is 4.46. The first-order valence-corrected chi connectivity index (χ1v) is 7.04. The largest absolute Gasteiger partial charge is 0.299 e. The monoisotopic (exact) mass is 229 g/mol. The summed E-state index contributed by atoms with van der Waals surface area (Å²) in [6.07, 6.45) is 6.04. The molecule has 2 fully saturated rings. The van der Waals surface area contributed by atoms with Crippen LogP contribution in [0.5, 0.6) is 0 Å². The lowest BCUT2D eigenvalue weighted by molar-refractivity contribution is 0.165. The van der Waals surface area contributed by atoms with E-state index in [9.17, 15) is 0 Å². The summed E-state index contributed by atoms with van der Waals surface area (Å²) in [4.78, 5) is 2.57. The topological polar surface area (TPSA) is 3.24 Å². The highest BCUT2D eigenvalue weighted by molar-refractivity contribution is 6.18. The maximum Gasteiger partial charge on any atom is 0.0351 e. The third kappa shape index (κ3) is 2.68. The molecule has 0 aliphatic heterocycles. The summed E-state index contributed by atoms with van der Waals surface area (Å²) < 4.78 is 0. The Balaban J connectivity index is 1.84. The molecule has 0 N–H and O–H groups in total. The molecule has 0 radical (unpaired) electrons. The minimum absolute atomic E-state index is 0.655. The van der Waals surface area contributed by atoms with Crippen molar-refractivity contribution in [1.29, 1.82) is 0 Å². The molecule has 15 heavy (non-hydrogen) atoms. The zero-order chi connectivity index (χ0) is 10.8. The maximum absolute atomic E-state index is 5.86. The number of fused-ring (bicyclic) bond motifs is 2. The van der Waals surface area contributed by atoms with E-state index in [1.165, 1.54) is 32.2 Å². The molecule has 2 aliphatic rings. The molecule has 2 bridgehead atoms. The minimum atomic E-state index is 0.655. The molecule has 2 aliphatic carbocycles. The molecule has 1 nitrogen and oxygen atoms in total. The Labute approximate surface area is 99.2 Å². The van der Waals surface area contributed by atoms with E-state index in [4.69, 9.17) is 11.6 Å². The summed E-state index contributed by atoms with van der Waals surface area (Å²) in [5, 5.41) is 0. The van der Waals surface area contributed by atoms with Crippen LogP contribution in [-0.2, 0) is 0 Å². The van der Waals surface area contributed by atoms with Gasteiger partial charge < -0.3 is 0 Å². The summed E-state index contributed by atoms with van der Waals surface area (Å²) >= 11 is 5.86.